The fourth-order valence-corrected chi connectivity index (χ4v) is 1.56. The first-order valence-corrected chi connectivity index (χ1v) is 4.84. The Morgan fingerprint density at radius 1 is 1.33 bits per heavy atom. The van der Waals surface area contributed by atoms with Crippen molar-refractivity contribution in [3.05, 3.63) is 47.2 Å². The number of hydrogen-bond acceptors (Lipinski definition) is 2. The van der Waals surface area contributed by atoms with Crippen LogP contribution in [0.3, 0.4) is 0 Å². The third kappa shape index (κ3) is 1.71. The molecule has 1 heterocycles. The minimum atomic E-state index is 0.615. The summed E-state index contributed by atoms with van der Waals surface area (Å²) in [7, 11) is 0. The molecule has 2 nitrogen and oxygen atoms in total. The molecule has 1 aromatic carbocycles. The number of allylic oxidation sites excluding steroid dienone is 3. The van der Waals surface area contributed by atoms with Gasteiger partial charge < -0.3 is 4.74 Å². The van der Waals surface area contributed by atoms with Crippen molar-refractivity contribution < 1.29 is 9.53 Å². The van der Waals surface area contributed by atoms with Crippen LogP contribution < -0.4 is 4.74 Å². The second-order valence-corrected chi connectivity index (χ2v) is 3.59. The van der Waals surface area contributed by atoms with Gasteiger partial charge in [-0.2, -0.15) is 0 Å². The van der Waals surface area contributed by atoms with E-state index in [1.165, 1.54) is 0 Å². The fraction of sp³-hybridized carbons (Fsp3) is 0.154. The van der Waals surface area contributed by atoms with Gasteiger partial charge in [-0.15, -0.1) is 0 Å². The summed E-state index contributed by atoms with van der Waals surface area (Å²) < 4.78 is 5.63. The van der Waals surface area contributed by atoms with Crippen LogP contribution in [0.5, 0.6) is 5.75 Å². The number of fused-ring (bicyclic) bond motifs is 1. The molecule has 0 unspecified atom stereocenters. The summed E-state index contributed by atoms with van der Waals surface area (Å²) in [5.41, 5.74) is 2.82. The molecule has 1 aliphatic heterocycles. The molecule has 0 bridgehead atoms. The van der Waals surface area contributed by atoms with Gasteiger partial charge in [0.2, 0.25) is 0 Å². The molecule has 0 N–H and O–H groups in total. The van der Waals surface area contributed by atoms with Gasteiger partial charge >= 0.3 is 0 Å². The molecule has 2 rings (SSSR count). The molecule has 0 fully saturated rings. The Morgan fingerprint density at radius 2 is 2.07 bits per heavy atom. The monoisotopic (exact) mass is 200 g/mol. The van der Waals surface area contributed by atoms with E-state index in [2.05, 4.69) is 0 Å². The highest BCUT2D eigenvalue weighted by molar-refractivity contribution is 5.79. The van der Waals surface area contributed by atoms with E-state index in [-0.39, 0.29) is 0 Å². The highest BCUT2D eigenvalue weighted by atomic mass is 16.5. The number of para-hydroxylation sites is 1. The summed E-state index contributed by atoms with van der Waals surface area (Å²) in [5.74, 6) is 1.45. The lowest BCUT2D eigenvalue weighted by atomic mass is 10.0. The van der Waals surface area contributed by atoms with Crippen LogP contribution in [0.15, 0.2) is 41.7 Å². The molecule has 0 aliphatic carbocycles. The lowest BCUT2D eigenvalue weighted by Crippen LogP contribution is -2.04. The van der Waals surface area contributed by atoms with E-state index in [0.717, 1.165) is 23.2 Å². The third-order valence-corrected chi connectivity index (χ3v) is 2.44. The first kappa shape index (κ1) is 9.71. The first-order chi connectivity index (χ1) is 7.22. The van der Waals surface area contributed by atoms with Gasteiger partial charge in [-0.25, -0.2) is 0 Å². The standard InChI is InChI=1S/C13H12O2/c1-9-7-13(10(2)8-14)15-12-6-4-3-5-11(9)12/h3-8H,1-2H3/b13-10+. The van der Waals surface area contributed by atoms with Gasteiger partial charge in [0.1, 0.15) is 17.8 Å². The first-order valence-electron chi connectivity index (χ1n) is 4.84. The van der Waals surface area contributed by atoms with Crippen LogP contribution in [0, 0.1) is 0 Å². The maximum Gasteiger partial charge on any atom is 0.149 e. The zero-order valence-corrected chi connectivity index (χ0v) is 8.78. The van der Waals surface area contributed by atoms with Crippen LogP contribution in [0.2, 0.25) is 0 Å². The number of aldehydes is 1. The van der Waals surface area contributed by atoms with E-state index in [1.807, 2.05) is 37.3 Å². The van der Waals surface area contributed by atoms with Crippen molar-refractivity contribution in [1.29, 1.82) is 0 Å². The van der Waals surface area contributed by atoms with Crippen molar-refractivity contribution in [2.45, 2.75) is 13.8 Å². The molecule has 76 valence electrons. The van der Waals surface area contributed by atoms with Gasteiger partial charge in [0.05, 0.1) is 0 Å². The second-order valence-electron chi connectivity index (χ2n) is 3.59. The summed E-state index contributed by atoms with van der Waals surface area (Å²) in [6.07, 6.45) is 2.71. The summed E-state index contributed by atoms with van der Waals surface area (Å²) in [6, 6.07) is 7.81. The van der Waals surface area contributed by atoms with E-state index < -0.39 is 0 Å². The highest BCUT2D eigenvalue weighted by Gasteiger charge is 2.14. The smallest absolute Gasteiger partial charge is 0.149 e. The van der Waals surface area contributed by atoms with Gasteiger partial charge in [0.15, 0.2) is 0 Å². The third-order valence-electron chi connectivity index (χ3n) is 2.44. The number of carbonyl (C=O) groups is 1. The van der Waals surface area contributed by atoms with Crippen molar-refractivity contribution in [3.8, 4) is 5.75 Å². The lowest BCUT2D eigenvalue weighted by molar-refractivity contribution is -0.105. The van der Waals surface area contributed by atoms with Crippen molar-refractivity contribution in [2.75, 3.05) is 0 Å². The van der Waals surface area contributed by atoms with Gasteiger partial charge in [-0.05, 0) is 31.6 Å². The molecular weight excluding hydrogens is 188 g/mol. The molecule has 0 aromatic heterocycles. The summed E-state index contributed by atoms with van der Waals surface area (Å²) in [5, 5.41) is 0. The molecule has 0 saturated heterocycles. The molecule has 0 amide bonds. The van der Waals surface area contributed by atoms with E-state index in [0.29, 0.717) is 11.3 Å². The number of rotatable bonds is 1. The fourth-order valence-electron chi connectivity index (χ4n) is 1.56. The van der Waals surface area contributed by atoms with Gasteiger partial charge in [-0.3, -0.25) is 4.79 Å². The van der Waals surface area contributed by atoms with E-state index >= 15 is 0 Å². The molecule has 1 aliphatic rings. The van der Waals surface area contributed by atoms with Crippen molar-refractivity contribution in [3.63, 3.8) is 0 Å². The SMILES string of the molecule is CC1=C/C(=C(/C)C=O)Oc2ccccc21. The highest BCUT2D eigenvalue weighted by Crippen LogP contribution is 2.33. The Balaban J connectivity index is 2.54. The van der Waals surface area contributed by atoms with Crippen LogP contribution in [-0.4, -0.2) is 6.29 Å². The van der Waals surface area contributed by atoms with Crippen LogP contribution in [0.1, 0.15) is 19.4 Å². The molecular formula is C13H12O2. The second kappa shape index (κ2) is 3.73. The van der Waals surface area contributed by atoms with Crippen molar-refractivity contribution >= 4 is 11.9 Å². The zero-order chi connectivity index (χ0) is 10.8. The maximum atomic E-state index is 10.7. The molecule has 2 heteroatoms. The summed E-state index contributed by atoms with van der Waals surface area (Å²) in [4.78, 5) is 10.7. The van der Waals surface area contributed by atoms with Gasteiger partial charge in [0.25, 0.3) is 0 Å². The maximum absolute atomic E-state index is 10.7. The Morgan fingerprint density at radius 3 is 2.80 bits per heavy atom. The van der Waals surface area contributed by atoms with Crippen LogP contribution in [-0.2, 0) is 4.79 Å². The van der Waals surface area contributed by atoms with Crippen molar-refractivity contribution in [2.24, 2.45) is 0 Å². The average Bonchev–Trinajstić information content (AvgIpc) is 2.28. The van der Waals surface area contributed by atoms with Crippen LogP contribution >= 0.6 is 0 Å². The summed E-state index contributed by atoms with van der Waals surface area (Å²) in [6.45, 7) is 3.76. The van der Waals surface area contributed by atoms with Crippen LogP contribution in [0.25, 0.3) is 5.57 Å². The average molecular weight is 200 g/mol. The summed E-state index contributed by atoms with van der Waals surface area (Å²) >= 11 is 0. The zero-order valence-electron chi connectivity index (χ0n) is 8.78. The van der Waals surface area contributed by atoms with E-state index in [9.17, 15) is 4.79 Å². The molecule has 0 spiro atoms. The van der Waals surface area contributed by atoms with Gasteiger partial charge in [0, 0.05) is 11.1 Å². The normalized spacial score (nSPS) is 17.3. The molecule has 15 heavy (non-hydrogen) atoms. The quantitative estimate of drug-likeness (QED) is 0.514. The predicted octanol–water partition coefficient (Wildman–Crippen LogP) is 2.96. The van der Waals surface area contributed by atoms with E-state index in [1.54, 1.807) is 6.92 Å². The topological polar surface area (TPSA) is 26.3 Å². The Hall–Kier alpha value is -1.83. The molecule has 0 atom stereocenters. The van der Waals surface area contributed by atoms with Crippen LogP contribution in [0.4, 0.5) is 0 Å². The minimum absolute atomic E-state index is 0.615. The Labute approximate surface area is 88.9 Å². The molecule has 1 aromatic rings. The number of ether oxygens (including phenoxy) is 1. The van der Waals surface area contributed by atoms with E-state index in [4.69, 9.17) is 4.74 Å². The molecule has 0 saturated carbocycles. The van der Waals surface area contributed by atoms with Crippen molar-refractivity contribution in [1.82, 2.24) is 0 Å². The lowest BCUT2D eigenvalue weighted by Gasteiger charge is -2.18. The number of benzene rings is 1. The molecule has 0 radical (unpaired) electrons. The van der Waals surface area contributed by atoms with Gasteiger partial charge in [-0.1, -0.05) is 18.2 Å². The Kier molecular flexibility index (Phi) is 2.42. The number of hydrogen-bond donors (Lipinski definition) is 0. The number of carbonyl (C=O) groups excluding carboxylic acids is 1. The Bertz CT molecular complexity index is 467. The predicted molar refractivity (Wildman–Crippen MR) is 59.5 cm³/mol. The largest absolute Gasteiger partial charge is 0.456 e. The minimum Gasteiger partial charge on any atom is -0.456 e.